The molecule has 0 aliphatic carbocycles. The zero-order valence-electron chi connectivity index (χ0n) is 15.1. The Balaban J connectivity index is 1.46. The van der Waals surface area contributed by atoms with Gasteiger partial charge in [-0.15, -0.1) is 9.46 Å². The first kappa shape index (κ1) is 21.9. The molecule has 0 aromatic carbocycles. The molecular weight excluding hydrogens is 396 g/mol. The van der Waals surface area contributed by atoms with Crippen molar-refractivity contribution in [1.29, 1.82) is 0 Å². The van der Waals surface area contributed by atoms with Gasteiger partial charge in [0.15, 0.2) is 0 Å². The number of hydrogen-bond donors (Lipinski definition) is 4. The van der Waals surface area contributed by atoms with Crippen molar-refractivity contribution in [2.24, 2.45) is 0 Å². The van der Waals surface area contributed by atoms with Crippen molar-refractivity contribution in [3.8, 4) is 23.5 Å². The molecule has 0 saturated carbocycles. The Bertz CT molecular complexity index is 709. The van der Waals surface area contributed by atoms with Crippen molar-refractivity contribution >= 4 is 11.9 Å². The van der Waals surface area contributed by atoms with Crippen molar-refractivity contribution in [2.75, 3.05) is 39.6 Å². The highest BCUT2D eigenvalue weighted by Gasteiger charge is 2.13. The van der Waals surface area contributed by atoms with E-state index in [1.165, 1.54) is 0 Å². The van der Waals surface area contributed by atoms with Crippen LogP contribution in [0.15, 0.2) is 24.3 Å². The lowest BCUT2D eigenvalue weighted by Gasteiger charge is -2.08. The first-order valence-electron chi connectivity index (χ1n) is 8.23. The molecule has 0 unspecified atom stereocenters. The first-order chi connectivity index (χ1) is 13.9. The van der Waals surface area contributed by atoms with Crippen LogP contribution in [0, 0.1) is 0 Å². The van der Waals surface area contributed by atoms with Crippen LogP contribution in [0.25, 0.3) is 0 Å². The summed E-state index contributed by atoms with van der Waals surface area (Å²) >= 11 is 0. The number of aromatic nitrogens is 2. The highest BCUT2D eigenvalue weighted by atomic mass is 16.7. The average molecular weight is 416 g/mol. The Morgan fingerprint density at radius 2 is 0.931 bits per heavy atom. The van der Waals surface area contributed by atoms with Gasteiger partial charge in [0.05, 0.1) is 26.4 Å². The van der Waals surface area contributed by atoms with E-state index in [1.54, 1.807) is 0 Å². The summed E-state index contributed by atoms with van der Waals surface area (Å²) < 4.78 is 16.3. The second kappa shape index (κ2) is 10.8. The van der Waals surface area contributed by atoms with Crippen LogP contribution in [0.4, 0.5) is 0 Å². The van der Waals surface area contributed by atoms with Gasteiger partial charge in [0.1, 0.15) is 13.2 Å². The molecule has 0 saturated heterocycles. The fourth-order valence-electron chi connectivity index (χ4n) is 1.90. The van der Waals surface area contributed by atoms with Gasteiger partial charge in [-0.25, -0.2) is 9.59 Å². The number of aromatic hydroxyl groups is 4. The minimum Gasteiger partial charge on any atom is -0.492 e. The molecule has 13 heteroatoms. The molecule has 0 spiro atoms. The van der Waals surface area contributed by atoms with Crippen molar-refractivity contribution in [3.63, 3.8) is 0 Å². The van der Waals surface area contributed by atoms with E-state index < -0.39 is 48.7 Å². The summed E-state index contributed by atoms with van der Waals surface area (Å²) in [5, 5.41) is 37.3. The SMILES string of the molecule is O=C(COCCOCCOCC(=O)On1c(O)ccc1O)On1c(O)ccc1O. The van der Waals surface area contributed by atoms with E-state index in [4.69, 9.17) is 14.2 Å². The highest BCUT2D eigenvalue weighted by Crippen LogP contribution is 2.19. The molecule has 2 heterocycles. The van der Waals surface area contributed by atoms with E-state index in [9.17, 15) is 30.0 Å². The molecule has 13 nitrogen and oxygen atoms in total. The number of ether oxygens (including phenoxy) is 3. The Hall–Kier alpha value is -3.42. The van der Waals surface area contributed by atoms with E-state index in [2.05, 4.69) is 9.68 Å². The van der Waals surface area contributed by atoms with Gasteiger partial charge in [0.2, 0.25) is 23.5 Å². The quantitative estimate of drug-likeness (QED) is 0.305. The molecule has 29 heavy (non-hydrogen) atoms. The number of hydrogen-bond acceptors (Lipinski definition) is 11. The predicted molar refractivity (Wildman–Crippen MR) is 91.2 cm³/mol. The number of carbonyl (C=O) groups excluding carboxylic acids is 2. The van der Waals surface area contributed by atoms with E-state index >= 15 is 0 Å². The third kappa shape index (κ3) is 6.91. The lowest BCUT2D eigenvalue weighted by molar-refractivity contribution is -0.151. The zero-order valence-corrected chi connectivity index (χ0v) is 15.1. The lowest BCUT2D eigenvalue weighted by atomic mass is 10.6. The maximum Gasteiger partial charge on any atom is 0.358 e. The van der Waals surface area contributed by atoms with E-state index in [0.29, 0.717) is 9.46 Å². The maximum absolute atomic E-state index is 11.5. The number of nitrogens with zero attached hydrogens (tertiary/aromatic N) is 2. The summed E-state index contributed by atoms with van der Waals surface area (Å²) in [4.78, 5) is 32.3. The van der Waals surface area contributed by atoms with Crippen LogP contribution in [0.3, 0.4) is 0 Å². The summed E-state index contributed by atoms with van der Waals surface area (Å²) in [6, 6.07) is 4.58. The molecule has 0 radical (unpaired) electrons. The molecule has 0 fully saturated rings. The smallest absolute Gasteiger partial charge is 0.358 e. The topological polar surface area (TPSA) is 171 Å². The molecule has 0 aliphatic rings. The molecule has 2 aromatic heterocycles. The molecule has 160 valence electrons. The van der Waals surface area contributed by atoms with Crippen molar-refractivity contribution in [1.82, 2.24) is 9.46 Å². The van der Waals surface area contributed by atoms with Gasteiger partial charge < -0.3 is 44.3 Å². The van der Waals surface area contributed by atoms with Crippen LogP contribution in [0.1, 0.15) is 0 Å². The number of carbonyl (C=O) groups is 2. The van der Waals surface area contributed by atoms with Crippen LogP contribution < -0.4 is 9.68 Å². The molecule has 0 atom stereocenters. The summed E-state index contributed by atoms with van der Waals surface area (Å²) in [7, 11) is 0. The van der Waals surface area contributed by atoms with Crippen LogP contribution in [-0.2, 0) is 23.8 Å². The van der Waals surface area contributed by atoms with Crippen molar-refractivity contribution in [2.45, 2.75) is 0 Å². The van der Waals surface area contributed by atoms with E-state index in [1.807, 2.05) is 0 Å². The zero-order chi connectivity index (χ0) is 21.2. The standard InChI is InChI=1S/C16H20N2O11/c19-11-1-2-12(20)17(11)28-15(23)9-26-7-5-25-6-8-27-10-16(24)29-18-13(21)3-4-14(18)22/h1-4,19-22H,5-10H2. The Morgan fingerprint density at radius 1 is 0.621 bits per heavy atom. The maximum atomic E-state index is 11.5. The third-order valence-electron chi connectivity index (χ3n) is 3.17. The molecule has 0 bridgehead atoms. The molecule has 4 N–H and O–H groups in total. The molecular formula is C16H20N2O11. The van der Waals surface area contributed by atoms with E-state index in [0.717, 1.165) is 24.3 Å². The van der Waals surface area contributed by atoms with E-state index in [-0.39, 0.29) is 26.4 Å². The monoisotopic (exact) mass is 416 g/mol. The van der Waals surface area contributed by atoms with Gasteiger partial charge in [-0.2, -0.15) is 0 Å². The summed E-state index contributed by atoms with van der Waals surface area (Å²) in [6.07, 6.45) is 0. The lowest BCUT2D eigenvalue weighted by Crippen LogP contribution is -2.25. The highest BCUT2D eigenvalue weighted by molar-refractivity contribution is 5.71. The summed E-state index contributed by atoms with van der Waals surface area (Å²) in [5.74, 6) is -3.44. The van der Waals surface area contributed by atoms with Gasteiger partial charge in [-0.3, -0.25) is 0 Å². The average Bonchev–Trinajstić information content (AvgIpc) is 3.16. The molecule has 2 aromatic rings. The predicted octanol–water partition coefficient (Wildman–Crippen LogP) is -1.23. The van der Waals surface area contributed by atoms with Crippen LogP contribution in [0.5, 0.6) is 23.5 Å². The van der Waals surface area contributed by atoms with Gasteiger partial charge in [0.25, 0.3) is 0 Å². The van der Waals surface area contributed by atoms with Gasteiger partial charge in [-0.05, 0) is 0 Å². The normalized spacial score (nSPS) is 10.8. The number of rotatable bonds is 12. The van der Waals surface area contributed by atoms with Gasteiger partial charge in [0, 0.05) is 24.3 Å². The summed E-state index contributed by atoms with van der Waals surface area (Å²) in [5.41, 5.74) is 0. The Morgan fingerprint density at radius 3 is 1.28 bits per heavy atom. The van der Waals surface area contributed by atoms with Gasteiger partial charge in [-0.1, -0.05) is 0 Å². The third-order valence-corrected chi connectivity index (χ3v) is 3.17. The van der Waals surface area contributed by atoms with Crippen molar-refractivity contribution in [3.05, 3.63) is 24.3 Å². The fraction of sp³-hybridized carbons (Fsp3) is 0.375. The largest absolute Gasteiger partial charge is 0.492 e. The van der Waals surface area contributed by atoms with Crippen LogP contribution in [0.2, 0.25) is 0 Å². The Kier molecular flexibility index (Phi) is 8.14. The molecule has 0 aliphatic heterocycles. The van der Waals surface area contributed by atoms with Crippen LogP contribution in [-0.4, -0.2) is 81.5 Å². The van der Waals surface area contributed by atoms with Crippen LogP contribution >= 0.6 is 0 Å². The second-order valence-corrected chi connectivity index (χ2v) is 5.33. The second-order valence-electron chi connectivity index (χ2n) is 5.33. The first-order valence-corrected chi connectivity index (χ1v) is 8.23. The summed E-state index contributed by atoms with van der Waals surface area (Å²) in [6.45, 7) is -0.470. The Labute approximate surface area is 163 Å². The van der Waals surface area contributed by atoms with Crippen molar-refractivity contribution < 1.29 is 53.9 Å². The van der Waals surface area contributed by atoms with Gasteiger partial charge >= 0.3 is 11.9 Å². The minimum absolute atomic E-state index is 0.0625. The molecule has 2 rings (SSSR count). The fourth-order valence-corrected chi connectivity index (χ4v) is 1.90. The molecule has 0 amide bonds. The minimum atomic E-state index is -0.839.